The average molecular weight is 290 g/mol. The second-order valence-electron chi connectivity index (χ2n) is 4.71. The van der Waals surface area contributed by atoms with Crippen LogP contribution in [-0.2, 0) is 14.3 Å². The number of hydrogen-bond acceptors (Lipinski definition) is 3. The van der Waals surface area contributed by atoms with Crippen LogP contribution in [0.3, 0.4) is 0 Å². The molecular formula is C16H22N2O3. The molecule has 0 radical (unpaired) electrons. The molecule has 1 aromatic rings. The number of carbonyl (C=O) groups excluding carboxylic acids is 2. The van der Waals surface area contributed by atoms with Gasteiger partial charge in [-0.25, -0.2) is 0 Å². The van der Waals surface area contributed by atoms with Crippen LogP contribution >= 0.6 is 0 Å². The van der Waals surface area contributed by atoms with Gasteiger partial charge in [0.05, 0.1) is 0 Å². The first-order chi connectivity index (χ1) is 10.1. The molecular weight excluding hydrogens is 268 g/mol. The van der Waals surface area contributed by atoms with E-state index in [-0.39, 0.29) is 5.91 Å². The van der Waals surface area contributed by atoms with Crippen molar-refractivity contribution in [3.05, 3.63) is 48.6 Å². The van der Waals surface area contributed by atoms with Crippen molar-refractivity contribution in [3.8, 4) is 0 Å². The fourth-order valence-electron chi connectivity index (χ4n) is 2.02. The van der Waals surface area contributed by atoms with Crippen LogP contribution in [0.25, 0.3) is 0 Å². The Morgan fingerprint density at radius 2 is 2.05 bits per heavy atom. The number of primary amides is 1. The van der Waals surface area contributed by atoms with Crippen LogP contribution in [0, 0.1) is 0 Å². The molecule has 21 heavy (non-hydrogen) atoms. The molecule has 0 spiro atoms. The maximum Gasteiger partial charge on any atom is 0.254 e. The number of rotatable bonds is 9. The number of benzene rings is 1. The summed E-state index contributed by atoms with van der Waals surface area (Å²) in [6.45, 7) is 3.62. The highest BCUT2D eigenvalue weighted by molar-refractivity contribution is 5.89. The van der Waals surface area contributed by atoms with Gasteiger partial charge in [0.25, 0.3) is 5.91 Å². The summed E-state index contributed by atoms with van der Waals surface area (Å²) >= 11 is 0. The van der Waals surface area contributed by atoms with Crippen molar-refractivity contribution in [2.24, 2.45) is 5.73 Å². The third-order valence-electron chi connectivity index (χ3n) is 3.14. The molecule has 0 fully saturated rings. The normalized spacial score (nSPS) is 13.2. The Balaban J connectivity index is 2.70. The van der Waals surface area contributed by atoms with Gasteiger partial charge in [-0.1, -0.05) is 36.4 Å². The quantitative estimate of drug-likeness (QED) is 0.536. The topological polar surface area (TPSA) is 81.4 Å². The van der Waals surface area contributed by atoms with Gasteiger partial charge in [0.1, 0.15) is 6.04 Å². The molecule has 0 bridgehead atoms. The number of nitrogens with two attached hydrogens (primary N) is 1. The third kappa shape index (κ3) is 5.39. The van der Waals surface area contributed by atoms with Crippen LogP contribution in [0.5, 0.6) is 0 Å². The Hall–Kier alpha value is -2.14. The molecule has 5 nitrogen and oxygen atoms in total. The zero-order valence-corrected chi connectivity index (χ0v) is 12.2. The maximum atomic E-state index is 12.3. The Kier molecular flexibility index (Phi) is 7.18. The number of amides is 2. The van der Waals surface area contributed by atoms with Crippen LogP contribution in [0.15, 0.2) is 43.0 Å². The van der Waals surface area contributed by atoms with E-state index in [1.807, 2.05) is 18.2 Å². The van der Waals surface area contributed by atoms with E-state index in [2.05, 4.69) is 11.9 Å². The average Bonchev–Trinajstić information content (AvgIpc) is 2.48. The molecule has 0 aliphatic carbocycles. The number of unbranched alkanes of at least 4 members (excludes halogenated alkanes) is 1. The van der Waals surface area contributed by atoms with Gasteiger partial charge in [-0.15, -0.1) is 6.58 Å². The van der Waals surface area contributed by atoms with Crippen molar-refractivity contribution in [2.75, 3.05) is 7.11 Å². The first kappa shape index (κ1) is 16.9. The predicted molar refractivity (Wildman–Crippen MR) is 81.4 cm³/mol. The highest BCUT2D eigenvalue weighted by Gasteiger charge is 2.24. The molecule has 0 unspecified atom stereocenters. The van der Waals surface area contributed by atoms with Gasteiger partial charge in [-0.3, -0.25) is 9.59 Å². The molecule has 2 atom stereocenters. The van der Waals surface area contributed by atoms with Crippen molar-refractivity contribution >= 4 is 11.8 Å². The minimum absolute atomic E-state index is 0.369. The lowest BCUT2D eigenvalue weighted by molar-refractivity contribution is -0.135. The van der Waals surface area contributed by atoms with Gasteiger partial charge in [-0.2, -0.15) is 0 Å². The van der Waals surface area contributed by atoms with E-state index in [1.165, 1.54) is 7.11 Å². The summed E-state index contributed by atoms with van der Waals surface area (Å²) in [6, 6.07) is 8.40. The number of hydrogen-bond donors (Lipinski definition) is 2. The van der Waals surface area contributed by atoms with E-state index in [9.17, 15) is 9.59 Å². The first-order valence-electron chi connectivity index (χ1n) is 6.88. The van der Waals surface area contributed by atoms with Gasteiger partial charge in [0, 0.05) is 7.11 Å². The van der Waals surface area contributed by atoms with E-state index in [0.29, 0.717) is 6.42 Å². The van der Waals surface area contributed by atoms with Crippen molar-refractivity contribution in [1.29, 1.82) is 0 Å². The molecule has 1 rings (SSSR count). The van der Waals surface area contributed by atoms with Crippen molar-refractivity contribution < 1.29 is 14.3 Å². The van der Waals surface area contributed by atoms with Crippen LogP contribution in [0.4, 0.5) is 0 Å². The van der Waals surface area contributed by atoms with Gasteiger partial charge in [0.2, 0.25) is 5.91 Å². The summed E-state index contributed by atoms with van der Waals surface area (Å²) in [7, 11) is 1.45. The lowest BCUT2D eigenvalue weighted by Gasteiger charge is -2.20. The molecule has 0 aliphatic heterocycles. The molecule has 0 heterocycles. The predicted octanol–water partition coefficient (Wildman–Crippen LogP) is 1.70. The van der Waals surface area contributed by atoms with Gasteiger partial charge in [0.15, 0.2) is 6.10 Å². The SMILES string of the molecule is C=CCCC[C@H](NC(=O)[C@H](OC)c1ccccc1)C(N)=O. The monoisotopic (exact) mass is 290 g/mol. The summed E-state index contributed by atoms with van der Waals surface area (Å²) in [5.74, 6) is -0.915. The third-order valence-corrected chi connectivity index (χ3v) is 3.14. The Morgan fingerprint density at radius 3 is 2.57 bits per heavy atom. The highest BCUT2D eigenvalue weighted by atomic mass is 16.5. The lowest BCUT2D eigenvalue weighted by atomic mass is 10.1. The second kappa shape index (κ2) is 8.92. The minimum atomic E-state index is -0.757. The summed E-state index contributed by atoms with van der Waals surface area (Å²) < 4.78 is 5.22. The van der Waals surface area contributed by atoms with E-state index in [0.717, 1.165) is 18.4 Å². The highest BCUT2D eigenvalue weighted by Crippen LogP contribution is 2.16. The fraction of sp³-hybridized carbons (Fsp3) is 0.375. The van der Waals surface area contributed by atoms with Crippen molar-refractivity contribution in [1.82, 2.24) is 5.32 Å². The second-order valence-corrected chi connectivity index (χ2v) is 4.71. The number of allylic oxidation sites excluding steroid dienone is 1. The zero-order chi connectivity index (χ0) is 15.7. The van der Waals surface area contributed by atoms with E-state index in [4.69, 9.17) is 10.5 Å². The zero-order valence-electron chi connectivity index (χ0n) is 12.2. The van der Waals surface area contributed by atoms with Crippen LogP contribution in [-0.4, -0.2) is 25.0 Å². The molecule has 0 saturated heterocycles. The molecule has 3 N–H and O–H groups in total. The largest absolute Gasteiger partial charge is 0.368 e. The van der Waals surface area contributed by atoms with Gasteiger partial charge >= 0.3 is 0 Å². The summed E-state index contributed by atoms with van der Waals surface area (Å²) in [4.78, 5) is 23.7. The van der Waals surface area contributed by atoms with Gasteiger partial charge in [-0.05, 0) is 24.8 Å². The number of carbonyl (C=O) groups is 2. The van der Waals surface area contributed by atoms with E-state index >= 15 is 0 Å². The minimum Gasteiger partial charge on any atom is -0.368 e. The van der Waals surface area contributed by atoms with Crippen LogP contribution < -0.4 is 11.1 Å². The summed E-state index contributed by atoms with van der Waals surface area (Å²) in [5, 5.41) is 2.65. The molecule has 114 valence electrons. The van der Waals surface area contributed by atoms with Crippen LogP contribution in [0.1, 0.15) is 30.9 Å². The molecule has 0 saturated carbocycles. The van der Waals surface area contributed by atoms with E-state index < -0.39 is 18.1 Å². The van der Waals surface area contributed by atoms with Gasteiger partial charge < -0.3 is 15.8 Å². The molecule has 0 aromatic heterocycles. The number of ether oxygens (including phenoxy) is 1. The molecule has 0 aliphatic rings. The Morgan fingerprint density at radius 1 is 1.38 bits per heavy atom. The maximum absolute atomic E-state index is 12.3. The van der Waals surface area contributed by atoms with Crippen molar-refractivity contribution in [2.45, 2.75) is 31.4 Å². The molecule has 5 heteroatoms. The first-order valence-corrected chi connectivity index (χ1v) is 6.88. The summed E-state index contributed by atoms with van der Waals surface area (Å²) in [6.07, 6.45) is 3.00. The Labute approximate surface area is 125 Å². The smallest absolute Gasteiger partial charge is 0.254 e. The van der Waals surface area contributed by atoms with Crippen molar-refractivity contribution in [3.63, 3.8) is 0 Å². The fourth-order valence-corrected chi connectivity index (χ4v) is 2.02. The number of methoxy groups -OCH3 is 1. The Bertz CT molecular complexity index is 474. The molecule has 1 aromatic carbocycles. The molecule has 2 amide bonds. The lowest BCUT2D eigenvalue weighted by Crippen LogP contribution is -2.46. The standard InChI is InChI=1S/C16H22N2O3/c1-3-4-6-11-13(15(17)19)18-16(20)14(21-2)12-9-7-5-8-10-12/h3,5,7-10,13-14H,1,4,6,11H2,2H3,(H2,17,19)(H,18,20)/t13-,14+/m0/s1. The van der Waals surface area contributed by atoms with Crippen LogP contribution in [0.2, 0.25) is 0 Å². The van der Waals surface area contributed by atoms with E-state index in [1.54, 1.807) is 18.2 Å². The number of nitrogens with one attached hydrogen (secondary N) is 1. The summed E-state index contributed by atoms with van der Waals surface area (Å²) in [5.41, 5.74) is 6.06.